The Kier molecular flexibility index (Phi) is 5.66. The summed E-state index contributed by atoms with van der Waals surface area (Å²) in [7, 11) is 0. The van der Waals surface area contributed by atoms with E-state index in [2.05, 4.69) is 23.5 Å². The highest BCUT2D eigenvalue weighted by molar-refractivity contribution is 5.86. The molecule has 2 heterocycles. The van der Waals surface area contributed by atoms with Crippen LogP contribution < -0.4 is 20.7 Å². The van der Waals surface area contributed by atoms with Crippen molar-refractivity contribution in [3.8, 4) is 5.75 Å². The average molecular weight is 361 g/mol. The van der Waals surface area contributed by atoms with Crippen molar-refractivity contribution in [3.63, 3.8) is 0 Å². The second-order valence-corrected chi connectivity index (χ2v) is 7.52. The van der Waals surface area contributed by atoms with Gasteiger partial charge in [-0.2, -0.15) is 0 Å². The summed E-state index contributed by atoms with van der Waals surface area (Å²) in [5.41, 5.74) is 7.83. The number of amides is 3. The molecular weight excluding hydrogens is 332 g/mol. The summed E-state index contributed by atoms with van der Waals surface area (Å²) in [4.78, 5) is 27.2. The third kappa shape index (κ3) is 4.27. The summed E-state index contributed by atoms with van der Waals surface area (Å²) in [6, 6.07) is 5.26. The predicted molar refractivity (Wildman–Crippen MR) is 98.0 cm³/mol. The number of nitrogens with two attached hydrogens (primary N) is 1. The molecule has 1 fully saturated rings. The van der Waals surface area contributed by atoms with Crippen LogP contribution in [0.2, 0.25) is 0 Å². The van der Waals surface area contributed by atoms with Gasteiger partial charge in [-0.3, -0.25) is 4.79 Å². The lowest BCUT2D eigenvalue weighted by atomic mass is 10.0. The van der Waals surface area contributed by atoms with Crippen LogP contribution in [0, 0.1) is 5.92 Å². The van der Waals surface area contributed by atoms with E-state index in [9.17, 15) is 9.59 Å². The standard InChI is InChI=1S/C19H28N4O3/c1-13(2)17(21-19(20)25)18(24)23-8-6-22(7-9-23)12-14-3-4-16-15(11-14)5-10-26-16/h3-4,11,13,17H,5-10,12H2,1-2H3,(H3,20,21,25)/p+1/t17-/m0/s1. The molecule has 2 aliphatic heterocycles. The first kappa shape index (κ1) is 18.5. The predicted octanol–water partition coefficient (Wildman–Crippen LogP) is -0.458. The first-order valence-electron chi connectivity index (χ1n) is 9.37. The van der Waals surface area contributed by atoms with Gasteiger partial charge in [0.15, 0.2) is 0 Å². The number of carbonyl (C=O) groups excluding carboxylic acids is 2. The van der Waals surface area contributed by atoms with Crippen LogP contribution in [0.1, 0.15) is 25.0 Å². The number of nitrogens with one attached hydrogen (secondary N) is 2. The number of hydrogen-bond donors (Lipinski definition) is 3. The minimum absolute atomic E-state index is 0.00834. The van der Waals surface area contributed by atoms with E-state index in [1.54, 1.807) is 0 Å². The van der Waals surface area contributed by atoms with Crippen molar-refractivity contribution in [3.05, 3.63) is 29.3 Å². The largest absolute Gasteiger partial charge is 0.493 e. The summed E-state index contributed by atoms with van der Waals surface area (Å²) < 4.78 is 5.56. The van der Waals surface area contributed by atoms with Crippen molar-refractivity contribution in [1.82, 2.24) is 10.2 Å². The van der Waals surface area contributed by atoms with Crippen LogP contribution in [-0.4, -0.2) is 55.7 Å². The molecule has 4 N–H and O–H groups in total. The normalized spacial score (nSPS) is 18.3. The van der Waals surface area contributed by atoms with E-state index in [-0.39, 0.29) is 11.8 Å². The summed E-state index contributed by atoms with van der Waals surface area (Å²) in [5, 5.41) is 2.58. The summed E-state index contributed by atoms with van der Waals surface area (Å²) in [6.07, 6.45) is 0.990. The second-order valence-electron chi connectivity index (χ2n) is 7.52. The zero-order valence-corrected chi connectivity index (χ0v) is 15.6. The van der Waals surface area contributed by atoms with Gasteiger partial charge in [-0.05, 0) is 29.7 Å². The Labute approximate surface area is 154 Å². The Balaban J connectivity index is 1.53. The smallest absolute Gasteiger partial charge is 0.312 e. The molecule has 0 saturated carbocycles. The van der Waals surface area contributed by atoms with Gasteiger partial charge in [0, 0.05) is 12.0 Å². The molecule has 0 radical (unpaired) electrons. The second kappa shape index (κ2) is 7.95. The molecule has 2 aliphatic rings. The number of quaternary nitrogens is 1. The number of carbonyl (C=O) groups is 2. The first-order valence-corrected chi connectivity index (χ1v) is 9.37. The van der Waals surface area contributed by atoms with Gasteiger partial charge in [-0.1, -0.05) is 13.8 Å². The van der Waals surface area contributed by atoms with E-state index in [1.807, 2.05) is 18.7 Å². The zero-order valence-electron chi connectivity index (χ0n) is 15.6. The van der Waals surface area contributed by atoms with Gasteiger partial charge in [0.25, 0.3) is 0 Å². The van der Waals surface area contributed by atoms with E-state index in [0.29, 0.717) is 13.1 Å². The van der Waals surface area contributed by atoms with Gasteiger partial charge in [-0.25, -0.2) is 4.79 Å². The molecular formula is C19H29N4O3+. The molecule has 26 heavy (non-hydrogen) atoms. The van der Waals surface area contributed by atoms with E-state index in [0.717, 1.165) is 38.4 Å². The highest BCUT2D eigenvalue weighted by atomic mass is 16.5. The zero-order chi connectivity index (χ0) is 18.7. The van der Waals surface area contributed by atoms with Crippen LogP contribution in [-0.2, 0) is 17.8 Å². The fourth-order valence-corrected chi connectivity index (χ4v) is 3.72. The summed E-state index contributed by atoms with van der Waals surface area (Å²) in [5.74, 6) is 0.988. The van der Waals surface area contributed by atoms with Crippen LogP contribution >= 0.6 is 0 Å². The molecule has 1 saturated heterocycles. The molecule has 0 spiro atoms. The van der Waals surface area contributed by atoms with Crippen molar-refractivity contribution in [2.75, 3.05) is 32.8 Å². The molecule has 142 valence electrons. The number of ether oxygens (including phenoxy) is 1. The fraction of sp³-hybridized carbons (Fsp3) is 0.579. The van der Waals surface area contributed by atoms with E-state index >= 15 is 0 Å². The van der Waals surface area contributed by atoms with Gasteiger partial charge in [0.1, 0.15) is 18.3 Å². The van der Waals surface area contributed by atoms with Gasteiger partial charge in [-0.15, -0.1) is 0 Å². The number of fused-ring (bicyclic) bond motifs is 1. The Hall–Kier alpha value is -2.28. The van der Waals surface area contributed by atoms with Crippen molar-refractivity contribution in [1.29, 1.82) is 0 Å². The van der Waals surface area contributed by atoms with Gasteiger partial charge in [0.05, 0.1) is 32.8 Å². The van der Waals surface area contributed by atoms with Crippen molar-refractivity contribution in [2.45, 2.75) is 32.9 Å². The van der Waals surface area contributed by atoms with Crippen molar-refractivity contribution >= 4 is 11.9 Å². The van der Waals surface area contributed by atoms with Crippen molar-refractivity contribution in [2.24, 2.45) is 11.7 Å². The number of piperazine rings is 1. The molecule has 1 aromatic rings. The lowest BCUT2D eigenvalue weighted by molar-refractivity contribution is -0.917. The average Bonchev–Trinajstić information content (AvgIpc) is 3.07. The van der Waals surface area contributed by atoms with E-state index < -0.39 is 12.1 Å². The molecule has 0 aliphatic carbocycles. The minimum atomic E-state index is -0.651. The Morgan fingerprint density at radius 3 is 2.69 bits per heavy atom. The highest BCUT2D eigenvalue weighted by Crippen LogP contribution is 2.25. The van der Waals surface area contributed by atoms with E-state index in [4.69, 9.17) is 10.5 Å². The molecule has 7 nitrogen and oxygen atoms in total. The Morgan fingerprint density at radius 1 is 1.31 bits per heavy atom. The Morgan fingerprint density at radius 2 is 2.04 bits per heavy atom. The van der Waals surface area contributed by atoms with Gasteiger partial charge in [0.2, 0.25) is 5.91 Å². The maximum atomic E-state index is 12.7. The summed E-state index contributed by atoms with van der Waals surface area (Å²) >= 11 is 0. The monoisotopic (exact) mass is 361 g/mol. The lowest BCUT2D eigenvalue weighted by Crippen LogP contribution is -3.13. The molecule has 0 aromatic heterocycles. The molecule has 0 unspecified atom stereocenters. The quantitative estimate of drug-likeness (QED) is 0.663. The van der Waals surface area contributed by atoms with Crippen molar-refractivity contribution < 1.29 is 19.2 Å². The first-order chi connectivity index (χ1) is 12.4. The lowest BCUT2D eigenvalue weighted by Gasteiger charge is -2.35. The van der Waals surface area contributed by atoms with Crippen LogP contribution in [0.25, 0.3) is 0 Å². The maximum Gasteiger partial charge on any atom is 0.312 e. The number of benzene rings is 1. The number of nitrogens with zero attached hydrogens (tertiary/aromatic N) is 1. The van der Waals surface area contributed by atoms with Gasteiger partial charge < -0.3 is 25.6 Å². The third-order valence-electron chi connectivity index (χ3n) is 5.22. The molecule has 1 aromatic carbocycles. The van der Waals surface area contributed by atoms with Crippen LogP contribution in [0.4, 0.5) is 4.79 Å². The SMILES string of the molecule is CC(C)[C@H](NC(N)=O)C(=O)N1CC[NH+](Cc2ccc3c(c2)CCO3)CC1. The van der Waals surface area contributed by atoms with Crippen LogP contribution in [0.5, 0.6) is 5.75 Å². The maximum absolute atomic E-state index is 12.7. The minimum Gasteiger partial charge on any atom is -0.493 e. The fourth-order valence-electron chi connectivity index (χ4n) is 3.72. The number of urea groups is 1. The number of primary amides is 1. The van der Waals surface area contributed by atoms with E-state index in [1.165, 1.54) is 16.0 Å². The molecule has 3 amide bonds. The molecule has 0 bridgehead atoms. The third-order valence-corrected chi connectivity index (χ3v) is 5.22. The summed E-state index contributed by atoms with van der Waals surface area (Å²) in [6.45, 7) is 8.78. The number of hydrogen-bond acceptors (Lipinski definition) is 3. The molecule has 1 atom stereocenters. The highest BCUT2D eigenvalue weighted by Gasteiger charge is 2.31. The molecule has 7 heteroatoms. The topological polar surface area (TPSA) is 89.1 Å². The van der Waals surface area contributed by atoms with Crippen LogP contribution in [0.15, 0.2) is 18.2 Å². The van der Waals surface area contributed by atoms with Crippen LogP contribution in [0.3, 0.4) is 0 Å². The Bertz CT molecular complexity index is 669. The number of rotatable bonds is 5. The molecule has 3 rings (SSSR count). The van der Waals surface area contributed by atoms with Gasteiger partial charge >= 0.3 is 6.03 Å².